The highest BCUT2D eigenvalue weighted by Crippen LogP contribution is 2.37. The Morgan fingerprint density at radius 1 is 1.36 bits per heavy atom. The van der Waals surface area contributed by atoms with Gasteiger partial charge in [-0.2, -0.15) is 4.98 Å². The van der Waals surface area contributed by atoms with Gasteiger partial charge in [-0.05, 0) is 53.5 Å². The summed E-state index contributed by atoms with van der Waals surface area (Å²) >= 11 is 2.19. The van der Waals surface area contributed by atoms with Gasteiger partial charge in [-0.3, -0.25) is 10.1 Å². The summed E-state index contributed by atoms with van der Waals surface area (Å²) in [5.74, 6) is 1.97. The number of amides is 1. The van der Waals surface area contributed by atoms with Crippen molar-refractivity contribution in [2.75, 3.05) is 24.8 Å². The second kappa shape index (κ2) is 8.91. The van der Waals surface area contributed by atoms with Gasteiger partial charge in [-0.15, -0.1) is 0 Å². The molecular formula is C19H23IN4O4. The normalized spacial score (nSPS) is 16.2. The number of anilines is 2. The van der Waals surface area contributed by atoms with E-state index in [1.54, 1.807) is 7.11 Å². The van der Waals surface area contributed by atoms with E-state index in [4.69, 9.17) is 19.9 Å². The number of nitrogens with zero attached hydrogens (tertiary/aromatic N) is 2. The molecule has 2 aromatic rings. The van der Waals surface area contributed by atoms with Crippen LogP contribution in [0.3, 0.4) is 0 Å². The van der Waals surface area contributed by atoms with Gasteiger partial charge in [0.1, 0.15) is 17.6 Å². The fourth-order valence-corrected chi connectivity index (χ4v) is 3.52. The lowest BCUT2D eigenvalue weighted by atomic mass is 10.0. The molecule has 1 aromatic carbocycles. The molecular weight excluding hydrogens is 475 g/mol. The molecule has 1 atom stereocenters. The minimum atomic E-state index is -0.462. The zero-order chi connectivity index (χ0) is 20.3. The Balaban J connectivity index is 1.79. The predicted molar refractivity (Wildman–Crippen MR) is 114 cm³/mol. The molecule has 1 amide bonds. The summed E-state index contributed by atoms with van der Waals surface area (Å²) in [6, 6.07) is 3.84. The van der Waals surface area contributed by atoms with Crippen molar-refractivity contribution in [2.45, 2.75) is 38.7 Å². The average Bonchev–Trinajstić information content (AvgIpc) is 3.18. The first-order valence-electron chi connectivity index (χ1n) is 8.99. The molecule has 1 unspecified atom stereocenters. The highest BCUT2D eigenvalue weighted by atomic mass is 127. The number of ether oxygens (including phenoxy) is 3. The van der Waals surface area contributed by atoms with Gasteiger partial charge >= 0.3 is 0 Å². The highest BCUT2D eigenvalue weighted by molar-refractivity contribution is 14.1. The summed E-state index contributed by atoms with van der Waals surface area (Å²) in [4.78, 5) is 20.4. The summed E-state index contributed by atoms with van der Waals surface area (Å²) in [7, 11) is 1.64. The van der Waals surface area contributed by atoms with Gasteiger partial charge in [0, 0.05) is 12.2 Å². The van der Waals surface area contributed by atoms with Crippen LogP contribution in [0, 0.1) is 3.57 Å². The second-order valence-corrected chi connectivity index (χ2v) is 7.88. The van der Waals surface area contributed by atoms with Crippen LogP contribution in [0.5, 0.6) is 17.2 Å². The first-order chi connectivity index (χ1) is 13.4. The molecule has 3 N–H and O–H groups in total. The first kappa shape index (κ1) is 20.6. The molecule has 0 spiro atoms. The summed E-state index contributed by atoms with van der Waals surface area (Å²) in [5, 5.41) is 2.63. The molecule has 1 saturated heterocycles. The van der Waals surface area contributed by atoms with Gasteiger partial charge in [-0.25, -0.2) is 4.98 Å². The van der Waals surface area contributed by atoms with E-state index in [-0.39, 0.29) is 23.6 Å². The lowest BCUT2D eigenvalue weighted by Gasteiger charge is -2.17. The van der Waals surface area contributed by atoms with Crippen LogP contribution in [0.25, 0.3) is 0 Å². The number of halogens is 1. The molecule has 9 heteroatoms. The molecule has 28 heavy (non-hydrogen) atoms. The van der Waals surface area contributed by atoms with Gasteiger partial charge in [-0.1, -0.05) is 13.8 Å². The Kier molecular flexibility index (Phi) is 6.55. The lowest BCUT2D eigenvalue weighted by Crippen LogP contribution is -2.27. The summed E-state index contributed by atoms with van der Waals surface area (Å²) in [6.45, 7) is 4.73. The topological polar surface area (TPSA) is 109 Å². The van der Waals surface area contributed by atoms with E-state index in [0.717, 1.165) is 21.3 Å². The van der Waals surface area contributed by atoms with E-state index in [1.807, 2.05) is 12.1 Å². The molecule has 0 bridgehead atoms. The third kappa shape index (κ3) is 4.64. The minimum Gasteiger partial charge on any atom is -0.496 e. The van der Waals surface area contributed by atoms with E-state index >= 15 is 0 Å². The van der Waals surface area contributed by atoms with Crippen LogP contribution in [0.2, 0.25) is 0 Å². The van der Waals surface area contributed by atoms with Crippen LogP contribution in [0.4, 0.5) is 11.8 Å². The number of methoxy groups -OCH3 is 1. The first-order valence-corrected chi connectivity index (χ1v) is 10.1. The van der Waals surface area contributed by atoms with Crippen LogP contribution in [0.1, 0.15) is 38.2 Å². The van der Waals surface area contributed by atoms with E-state index < -0.39 is 6.10 Å². The van der Waals surface area contributed by atoms with Crippen molar-refractivity contribution in [2.24, 2.45) is 0 Å². The Bertz CT molecular complexity index is 869. The zero-order valence-corrected chi connectivity index (χ0v) is 18.1. The number of carbonyl (C=O) groups is 1. The van der Waals surface area contributed by atoms with Crippen LogP contribution < -0.4 is 20.5 Å². The molecule has 1 aromatic heterocycles. The second-order valence-electron chi connectivity index (χ2n) is 6.72. The molecule has 1 aliphatic rings. The maximum absolute atomic E-state index is 12.1. The van der Waals surface area contributed by atoms with E-state index in [2.05, 4.69) is 51.7 Å². The zero-order valence-electron chi connectivity index (χ0n) is 16.0. The number of hydrogen-bond donors (Lipinski definition) is 2. The van der Waals surface area contributed by atoms with Gasteiger partial charge in [0.25, 0.3) is 5.91 Å². The van der Waals surface area contributed by atoms with Gasteiger partial charge in [0.2, 0.25) is 5.95 Å². The van der Waals surface area contributed by atoms with Crippen molar-refractivity contribution in [3.8, 4) is 17.2 Å². The van der Waals surface area contributed by atoms with Crippen molar-refractivity contribution in [3.05, 3.63) is 27.5 Å². The molecule has 1 fully saturated rings. The van der Waals surface area contributed by atoms with Gasteiger partial charge in [0.05, 0.1) is 16.9 Å². The number of nitrogens with one attached hydrogen (secondary N) is 1. The van der Waals surface area contributed by atoms with E-state index in [9.17, 15) is 4.79 Å². The summed E-state index contributed by atoms with van der Waals surface area (Å²) in [6.07, 6.45) is 2.55. The lowest BCUT2D eigenvalue weighted by molar-refractivity contribution is -0.124. The molecule has 3 rings (SSSR count). The number of benzene rings is 1. The standard InChI is InChI=1S/C19H23IN4O4/c1-10(2)11-7-15(26-3)12(20)8-14(11)28-16-9-22-19(23-17(16)21)24-18(25)13-5-4-6-27-13/h7-10,13H,4-6H2,1-3H3,(H3,21,22,23,24,25). The third-order valence-corrected chi connectivity index (χ3v) is 5.21. The predicted octanol–water partition coefficient (Wildman–Crippen LogP) is 3.71. The van der Waals surface area contributed by atoms with Crippen molar-refractivity contribution in [1.29, 1.82) is 0 Å². The molecule has 2 heterocycles. The quantitative estimate of drug-likeness (QED) is 0.585. The molecule has 1 aliphatic heterocycles. The molecule has 0 aliphatic carbocycles. The number of hydrogen-bond acceptors (Lipinski definition) is 7. The van der Waals surface area contributed by atoms with Crippen molar-refractivity contribution in [1.82, 2.24) is 9.97 Å². The van der Waals surface area contributed by atoms with Crippen LogP contribution in [-0.2, 0) is 9.53 Å². The Labute approximate surface area is 177 Å². The SMILES string of the molecule is COc1cc(C(C)C)c(Oc2cnc(NC(=O)C3CCCO3)nc2N)cc1I. The fourth-order valence-electron chi connectivity index (χ4n) is 2.86. The maximum atomic E-state index is 12.1. The summed E-state index contributed by atoms with van der Waals surface area (Å²) in [5.41, 5.74) is 7.01. The smallest absolute Gasteiger partial charge is 0.255 e. The number of carbonyl (C=O) groups excluding carboxylic acids is 1. The van der Waals surface area contributed by atoms with E-state index in [0.29, 0.717) is 24.5 Å². The molecule has 150 valence electrons. The monoisotopic (exact) mass is 498 g/mol. The van der Waals surface area contributed by atoms with Crippen molar-refractivity contribution >= 4 is 40.3 Å². The maximum Gasteiger partial charge on any atom is 0.255 e. The number of aromatic nitrogens is 2. The van der Waals surface area contributed by atoms with Gasteiger partial charge < -0.3 is 19.9 Å². The Morgan fingerprint density at radius 3 is 2.75 bits per heavy atom. The van der Waals surface area contributed by atoms with Crippen molar-refractivity contribution < 1.29 is 19.0 Å². The number of rotatable bonds is 6. The van der Waals surface area contributed by atoms with Crippen LogP contribution >= 0.6 is 22.6 Å². The van der Waals surface area contributed by atoms with Crippen LogP contribution in [-0.4, -0.2) is 35.7 Å². The largest absolute Gasteiger partial charge is 0.496 e. The molecule has 0 radical (unpaired) electrons. The van der Waals surface area contributed by atoms with Crippen molar-refractivity contribution in [3.63, 3.8) is 0 Å². The van der Waals surface area contributed by atoms with Crippen LogP contribution in [0.15, 0.2) is 18.3 Å². The Hall–Kier alpha value is -2.14. The molecule has 0 saturated carbocycles. The van der Waals surface area contributed by atoms with E-state index in [1.165, 1.54) is 6.20 Å². The minimum absolute atomic E-state index is 0.124. The Morgan fingerprint density at radius 2 is 2.14 bits per heavy atom. The number of nitrogen functional groups attached to an aromatic ring is 1. The van der Waals surface area contributed by atoms with Gasteiger partial charge in [0.15, 0.2) is 11.6 Å². The number of nitrogens with two attached hydrogens (primary N) is 1. The summed E-state index contributed by atoms with van der Waals surface area (Å²) < 4.78 is 17.7. The fraction of sp³-hybridized carbons (Fsp3) is 0.421. The average molecular weight is 498 g/mol. The third-order valence-electron chi connectivity index (χ3n) is 4.37. The molecule has 8 nitrogen and oxygen atoms in total. The highest BCUT2D eigenvalue weighted by Gasteiger charge is 2.24.